The molecule has 0 heterocycles. The van der Waals surface area contributed by atoms with Gasteiger partial charge in [0.15, 0.2) is 11.5 Å². The first-order chi connectivity index (χ1) is 8.13. The van der Waals surface area contributed by atoms with Crippen LogP contribution in [0.4, 0.5) is 0 Å². The number of aliphatic hydroxyl groups is 1. The predicted octanol–water partition coefficient (Wildman–Crippen LogP) is 1.14. The monoisotopic (exact) mass is 237 g/mol. The molecule has 1 aliphatic carbocycles. The summed E-state index contributed by atoms with van der Waals surface area (Å²) in [5.41, 5.74) is 6.29. The first-order valence-electron chi connectivity index (χ1n) is 5.96. The molecule has 0 saturated heterocycles. The lowest BCUT2D eigenvalue weighted by Crippen LogP contribution is -2.49. The number of phenolic OH excluding ortho intramolecular Hbond substituents is 1. The van der Waals surface area contributed by atoms with Gasteiger partial charge in [0.25, 0.3) is 0 Å². The minimum atomic E-state index is -0.311. The normalized spacial score (nSPS) is 27.6. The maximum Gasteiger partial charge on any atom is 0.161 e. The predicted molar refractivity (Wildman–Crippen MR) is 65.2 cm³/mol. The van der Waals surface area contributed by atoms with Crippen molar-refractivity contribution >= 4 is 0 Å². The first-order valence-corrected chi connectivity index (χ1v) is 5.96. The average molecular weight is 237 g/mol. The van der Waals surface area contributed by atoms with E-state index in [9.17, 15) is 10.2 Å². The zero-order valence-corrected chi connectivity index (χ0v) is 10.0. The molecule has 0 amide bonds. The minimum absolute atomic E-state index is 0.159. The maximum atomic E-state index is 10.2. The highest BCUT2D eigenvalue weighted by atomic mass is 16.5. The summed E-state index contributed by atoms with van der Waals surface area (Å²) in [6, 6.07) is 5.44. The maximum absolute atomic E-state index is 10.2. The third kappa shape index (κ3) is 1.98. The van der Waals surface area contributed by atoms with Crippen molar-refractivity contribution in [3.8, 4) is 11.5 Å². The van der Waals surface area contributed by atoms with Gasteiger partial charge in [0.1, 0.15) is 0 Å². The molecule has 0 radical (unpaired) electrons. The van der Waals surface area contributed by atoms with E-state index in [0.717, 1.165) is 5.56 Å². The second-order valence-corrected chi connectivity index (χ2v) is 4.63. The smallest absolute Gasteiger partial charge is 0.161 e. The minimum Gasteiger partial charge on any atom is -0.504 e. The van der Waals surface area contributed by atoms with Gasteiger partial charge in [-0.05, 0) is 25.8 Å². The molecule has 0 unspecified atom stereocenters. The summed E-state index contributed by atoms with van der Waals surface area (Å²) in [7, 11) is 0. The van der Waals surface area contributed by atoms with Crippen LogP contribution in [0.5, 0.6) is 11.5 Å². The molecule has 0 spiro atoms. The van der Waals surface area contributed by atoms with Crippen LogP contribution < -0.4 is 10.5 Å². The number of aliphatic hydroxyl groups excluding tert-OH is 1. The van der Waals surface area contributed by atoms with Crippen LogP contribution in [0.2, 0.25) is 0 Å². The molecule has 0 aromatic heterocycles. The van der Waals surface area contributed by atoms with Crippen molar-refractivity contribution in [2.24, 2.45) is 5.73 Å². The summed E-state index contributed by atoms with van der Waals surface area (Å²) in [5.74, 6) is 0.644. The fraction of sp³-hybridized carbons (Fsp3) is 0.538. The van der Waals surface area contributed by atoms with E-state index in [2.05, 4.69) is 0 Å². The van der Waals surface area contributed by atoms with E-state index in [1.54, 1.807) is 6.07 Å². The van der Waals surface area contributed by atoms with Crippen LogP contribution in [-0.2, 0) is 5.41 Å². The van der Waals surface area contributed by atoms with Crippen molar-refractivity contribution in [3.63, 3.8) is 0 Å². The third-order valence-corrected chi connectivity index (χ3v) is 3.51. The average Bonchev–Trinajstić information content (AvgIpc) is 2.28. The molecule has 94 valence electrons. The molecule has 17 heavy (non-hydrogen) atoms. The van der Waals surface area contributed by atoms with Crippen LogP contribution in [0, 0.1) is 0 Å². The topological polar surface area (TPSA) is 75.7 Å². The molecule has 1 saturated carbocycles. The first kappa shape index (κ1) is 12.2. The number of aromatic hydroxyl groups is 1. The Bertz CT molecular complexity index is 400. The zero-order valence-electron chi connectivity index (χ0n) is 10.0. The van der Waals surface area contributed by atoms with Crippen LogP contribution in [0.1, 0.15) is 25.3 Å². The van der Waals surface area contributed by atoms with Crippen molar-refractivity contribution in [1.29, 1.82) is 0 Å². The molecular weight excluding hydrogens is 218 g/mol. The SMILES string of the molecule is CCOc1cccc(C2(CN)CC(O)C2)c1O. The van der Waals surface area contributed by atoms with Gasteiger partial charge in [-0.2, -0.15) is 0 Å². The van der Waals surface area contributed by atoms with E-state index in [1.165, 1.54) is 0 Å². The lowest BCUT2D eigenvalue weighted by Gasteiger charge is -2.45. The van der Waals surface area contributed by atoms with Crippen molar-refractivity contribution in [2.75, 3.05) is 13.2 Å². The summed E-state index contributed by atoms with van der Waals surface area (Å²) in [6.45, 7) is 2.81. The molecule has 4 N–H and O–H groups in total. The van der Waals surface area contributed by atoms with Gasteiger partial charge in [0.05, 0.1) is 12.7 Å². The molecule has 4 nitrogen and oxygen atoms in total. The van der Waals surface area contributed by atoms with Gasteiger partial charge in [-0.3, -0.25) is 0 Å². The molecule has 2 rings (SSSR count). The zero-order chi connectivity index (χ0) is 12.5. The number of hydrogen-bond acceptors (Lipinski definition) is 4. The van der Waals surface area contributed by atoms with Crippen LogP contribution in [0.15, 0.2) is 18.2 Å². The number of nitrogens with two attached hydrogens (primary N) is 1. The second-order valence-electron chi connectivity index (χ2n) is 4.63. The molecule has 0 atom stereocenters. The molecular formula is C13H19NO3. The molecule has 0 bridgehead atoms. The fourth-order valence-electron chi connectivity index (χ4n) is 2.56. The van der Waals surface area contributed by atoms with Crippen LogP contribution in [0.3, 0.4) is 0 Å². The highest BCUT2D eigenvalue weighted by molar-refractivity contribution is 5.50. The second kappa shape index (κ2) is 4.55. The van der Waals surface area contributed by atoms with E-state index < -0.39 is 0 Å². The van der Waals surface area contributed by atoms with Gasteiger partial charge < -0.3 is 20.7 Å². The largest absolute Gasteiger partial charge is 0.504 e. The Morgan fingerprint density at radius 2 is 2.18 bits per heavy atom. The van der Waals surface area contributed by atoms with Crippen LogP contribution in [-0.4, -0.2) is 29.5 Å². The number of benzene rings is 1. The van der Waals surface area contributed by atoms with Crippen LogP contribution >= 0.6 is 0 Å². The lowest BCUT2D eigenvalue weighted by atomic mass is 9.62. The Kier molecular flexibility index (Phi) is 3.26. The van der Waals surface area contributed by atoms with Crippen LogP contribution in [0.25, 0.3) is 0 Å². The molecule has 1 aromatic carbocycles. The van der Waals surface area contributed by atoms with Gasteiger partial charge in [-0.25, -0.2) is 0 Å². The van der Waals surface area contributed by atoms with Gasteiger partial charge in [-0.1, -0.05) is 12.1 Å². The Morgan fingerprint density at radius 1 is 1.47 bits per heavy atom. The number of rotatable bonds is 4. The summed E-state index contributed by atoms with van der Waals surface area (Å²) in [6.07, 6.45) is 0.896. The number of phenols is 1. The van der Waals surface area contributed by atoms with E-state index in [-0.39, 0.29) is 17.3 Å². The molecule has 1 aromatic rings. The molecule has 1 fully saturated rings. The Morgan fingerprint density at radius 3 is 2.71 bits per heavy atom. The molecule has 1 aliphatic rings. The van der Waals surface area contributed by atoms with Gasteiger partial charge in [0.2, 0.25) is 0 Å². The summed E-state index contributed by atoms with van der Waals surface area (Å²) in [5, 5.41) is 19.6. The summed E-state index contributed by atoms with van der Waals surface area (Å²) in [4.78, 5) is 0. The Hall–Kier alpha value is -1.26. The number of hydrogen-bond donors (Lipinski definition) is 3. The van der Waals surface area contributed by atoms with Gasteiger partial charge in [0, 0.05) is 17.5 Å². The van der Waals surface area contributed by atoms with E-state index in [0.29, 0.717) is 31.7 Å². The molecule has 0 aliphatic heterocycles. The highest BCUT2D eigenvalue weighted by Crippen LogP contribution is 2.48. The standard InChI is InChI=1S/C13H19NO3/c1-2-17-11-5-3-4-10(12(11)16)13(8-14)6-9(15)7-13/h3-5,9,15-16H,2,6-8,14H2,1H3. The van der Waals surface area contributed by atoms with Crippen molar-refractivity contribution in [3.05, 3.63) is 23.8 Å². The van der Waals surface area contributed by atoms with Crippen molar-refractivity contribution in [1.82, 2.24) is 0 Å². The quantitative estimate of drug-likeness (QED) is 0.734. The van der Waals surface area contributed by atoms with Crippen molar-refractivity contribution < 1.29 is 14.9 Å². The Balaban J connectivity index is 2.35. The number of ether oxygens (including phenoxy) is 1. The van der Waals surface area contributed by atoms with E-state index in [4.69, 9.17) is 10.5 Å². The van der Waals surface area contributed by atoms with E-state index in [1.807, 2.05) is 19.1 Å². The number of para-hydroxylation sites is 1. The van der Waals surface area contributed by atoms with Crippen molar-refractivity contribution in [2.45, 2.75) is 31.3 Å². The Labute approximate surface area is 101 Å². The summed E-state index contributed by atoms with van der Waals surface area (Å²) < 4.78 is 5.36. The third-order valence-electron chi connectivity index (χ3n) is 3.51. The summed E-state index contributed by atoms with van der Waals surface area (Å²) >= 11 is 0. The van der Waals surface area contributed by atoms with Gasteiger partial charge in [-0.15, -0.1) is 0 Å². The van der Waals surface area contributed by atoms with E-state index >= 15 is 0 Å². The fourth-order valence-corrected chi connectivity index (χ4v) is 2.56. The highest BCUT2D eigenvalue weighted by Gasteiger charge is 2.45. The molecule has 4 heteroatoms. The lowest BCUT2D eigenvalue weighted by molar-refractivity contribution is 0.0209. The van der Waals surface area contributed by atoms with Gasteiger partial charge >= 0.3 is 0 Å².